The van der Waals surface area contributed by atoms with Crippen LogP contribution in [-0.4, -0.2) is 62.0 Å². The maximum atomic E-state index is 14.8. The number of rotatable bonds is 5. The zero-order chi connectivity index (χ0) is 27.2. The molecule has 3 heterocycles. The summed E-state index contributed by atoms with van der Waals surface area (Å²) in [7, 11) is 1.52. The summed E-state index contributed by atoms with van der Waals surface area (Å²) in [4.78, 5) is 13.6. The smallest absolute Gasteiger partial charge is 0.419 e. The van der Waals surface area contributed by atoms with Crippen molar-refractivity contribution in [2.24, 2.45) is 7.05 Å². The maximum absolute atomic E-state index is 14.8. The van der Waals surface area contributed by atoms with Crippen LogP contribution >= 0.6 is 0 Å². The third-order valence-electron chi connectivity index (χ3n) is 6.89. The van der Waals surface area contributed by atoms with Crippen LogP contribution in [0.5, 0.6) is 5.75 Å². The lowest BCUT2D eigenvalue weighted by Crippen LogP contribution is -2.54. The Morgan fingerprint density at radius 3 is 2.50 bits per heavy atom. The molecular formula is C26H25F5N6O. The van der Waals surface area contributed by atoms with E-state index in [-0.39, 0.29) is 22.8 Å². The lowest BCUT2D eigenvalue weighted by molar-refractivity contribution is -0.140. The molecule has 1 saturated heterocycles. The van der Waals surface area contributed by atoms with Crippen molar-refractivity contribution in [2.75, 3.05) is 31.1 Å². The third kappa shape index (κ3) is 4.64. The van der Waals surface area contributed by atoms with Crippen LogP contribution in [0.15, 0.2) is 42.6 Å². The number of phenols is 1. The largest absolute Gasteiger partial charge is 0.503 e. The first-order valence-electron chi connectivity index (χ1n) is 12.1. The first-order chi connectivity index (χ1) is 18.1. The number of aromatic hydroxyl groups is 1. The van der Waals surface area contributed by atoms with Crippen LogP contribution in [0.25, 0.3) is 22.3 Å². The number of benzene rings is 2. The van der Waals surface area contributed by atoms with E-state index in [2.05, 4.69) is 43.9 Å². The molecule has 1 aliphatic heterocycles. The Hall–Kier alpha value is -3.80. The summed E-state index contributed by atoms with van der Waals surface area (Å²) in [6, 6.07) is 10.4. The van der Waals surface area contributed by atoms with Crippen molar-refractivity contribution in [1.29, 1.82) is 0 Å². The van der Waals surface area contributed by atoms with Crippen molar-refractivity contribution >= 4 is 17.0 Å². The fourth-order valence-electron chi connectivity index (χ4n) is 4.90. The standard InChI is InChI=1S/C26H25F5N6O/c1-3-36-9-10-37(16(14-36)11-15-7-5-4-6-8-15)25-32-13-18-22(34-35(2)24(18)33-25)17-12-19(26(29,30)31)21(28)23(38)20(17)27/h4-8,12-13,16,38H,3,9-11,14H2,1-2H3/t16-/m1/s1. The Bertz CT molecular complexity index is 1470. The van der Waals surface area contributed by atoms with Gasteiger partial charge in [0, 0.05) is 44.5 Å². The van der Waals surface area contributed by atoms with Gasteiger partial charge >= 0.3 is 6.18 Å². The van der Waals surface area contributed by atoms with Gasteiger partial charge in [0.05, 0.1) is 10.9 Å². The minimum Gasteiger partial charge on any atom is -0.503 e. The van der Waals surface area contributed by atoms with Gasteiger partial charge in [-0.1, -0.05) is 37.3 Å². The van der Waals surface area contributed by atoms with E-state index in [1.165, 1.54) is 17.9 Å². The van der Waals surface area contributed by atoms with Crippen molar-refractivity contribution in [2.45, 2.75) is 25.6 Å². The van der Waals surface area contributed by atoms with Crippen molar-refractivity contribution in [3.63, 3.8) is 0 Å². The van der Waals surface area contributed by atoms with E-state index in [0.29, 0.717) is 18.6 Å². The third-order valence-corrected chi connectivity index (χ3v) is 6.89. The second kappa shape index (κ2) is 9.82. The summed E-state index contributed by atoms with van der Waals surface area (Å²) < 4.78 is 70.1. The van der Waals surface area contributed by atoms with Gasteiger partial charge in [-0.3, -0.25) is 4.90 Å². The Kier molecular flexibility index (Phi) is 6.68. The molecular weight excluding hydrogens is 507 g/mol. The summed E-state index contributed by atoms with van der Waals surface area (Å²) in [6.07, 6.45) is -3.01. The van der Waals surface area contributed by atoms with Crippen LogP contribution in [0.4, 0.5) is 27.9 Å². The SMILES string of the molecule is CCN1CCN(c2ncc3c(-c4cc(C(F)(F)F)c(F)c(O)c4F)nn(C)c3n2)[C@H](Cc2ccccc2)C1. The van der Waals surface area contributed by atoms with Crippen molar-refractivity contribution in [3.8, 4) is 17.0 Å². The molecule has 0 amide bonds. The van der Waals surface area contributed by atoms with Gasteiger partial charge < -0.3 is 10.0 Å². The molecule has 5 rings (SSSR count). The van der Waals surface area contributed by atoms with Crippen molar-refractivity contribution < 1.29 is 27.1 Å². The van der Waals surface area contributed by atoms with Gasteiger partial charge in [-0.2, -0.15) is 23.3 Å². The fraction of sp³-hybridized carbons (Fsp3) is 0.346. The van der Waals surface area contributed by atoms with E-state index in [9.17, 15) is 27.1 Å². The van der Waals surface area contributed by atoms with E-state index in [0.717, 1.165) is 31.6 Å². The molecule has 2 aromatic carbocycles. The number of halogens is 5. The zero-order valence-electron chi connectivity index (χ0n) is 20.7. The van der Waals surface area contributed by atoms with Crippen LogP contribution in [0.1, 0.15) is 18.1 Å². The highest BCUT2D eigenvalue weighted by Crippen LogP contribution is 2.41. The molecule has 0 radical (unpaired) electrons. The van der Waals surface area contributed by atoms with Gasteiger partial charge in [0.25, 0.3) is 0 Å². The average molecular weight is 533 g/mol. The van der Waals surface area contributed by atoms with Crippen LogP contribution in [0.3, 0.4) is 0 Å². The minimum atomic E-state index is -5.15. The van der Waals surface area contributed by atoms with Gasteiger partial charge in [0.15, 0.2) is 23.0 Å². The summed E-state index contributed by atoms with van der Waals surface area (Å²) in [5, 5.41) is 14.1. The molecule has 0 spiro atoms. The number of piperazine rings is 1. The van der Waals surface area contributed by atoms with E-state index in [1.54, 1.807) is 0 Å². The molecule has 200 valence electrons. The molecule has 2 aromatic heterocycles. The molecule has 0 saturated carbocycles. The molecule has 0 unspecified atom stereocenters. The molecule has 38 heavy (non-hydrogen) atoms. The molecule has 0 aliphatic carbocycles. The highest BCUT2D eigenvalue weighted by atomic mass is 19.4. The van der Waals surface area contributed by atoms with Crippen LogP contribution in [0, 0.1) is 11.6 Å². The van der Waals surface area contributed by atoms with Crippen molar-refractivity contribution in [3.05, 3.63) is 65.4 Å². The van der Waals surface area contributed by atoms with E-state index >= 15 is 0 Å². The summed E-state index contributed by atoms with van der Waals surface area (Å²) >= 11 is 0. The first-order valence-corrected chi connectivity index (χ1v) is 12.1. The lowest BCUT2D eigenvalue weighted by Gasteiger charge is -2.41. The van der Waals surface area contributed by atoms with E-state index in [4.69, 9.17) is 0 Å². The van der Waals surface area contributed by atoms with Crippen LogP contribution < -0.4 is 4.90 Å². The Balaban J connectivity index is 1.56. The second-order valence-corrected chi connectivity index (χ2v) is 9.26. The quantitative estimate of drug-likeness (QED) is 0.373. The minimum absolute atomic E-state index is 0.0667. The zero-order valence-corrected chi connectivity index (χ0v) is 20.7. The fourth-order valence-corrected chi connectivity index (χ4v) is 4.90. The predicted octanol–water partition coefficient (Wildman–Crippen LogP) is 4.79. The number of hydrogen-bond acceptors (Lipinski definition) is 6. The van der Waals surface area contributed by atoms with Crippen LogP contribution in [-0.2, 0) is 19.6 Å². The van der Waals surface area contributed by atoms with Gasteiger partial charge in [-0.15, -0.1) is 0 Å². The number of aryl methyl sites for hydroxylation is 1. The topological polar surface area (TPSA) is 70.3 Å². The van der Waals surface area contributed by atoms with Gasteiger partial charge in [-0.05, 0) is 24.6 Å². The van der Waals surface area contributed by atoms with Gasteiger partial charge in [0.1, 0.15) is 5.69 Å². The Morgan fingerprint density at radius 1 is 1.08 bits per heavy atom. The van der Waals surface area contributed by atoms with Gasteiger partial charge in [0.2, 0.25) is 5.95 Å². The first kappa shape index (κ1) is 25.8. The number of hydrogen-bond donors (Lipinski definition) is 1. The van der Waals surface area contributed by atoms with E-state index in [1.807, 2.05) is 18.2 Å². The molecule has 1 aliphatic rings. The summed E-state index contributed by atoms with van der Waals surface area (Å²) in [5.41, 5.74) is -1.30. The normalized spacial score (nSPS) is 16.9. The number of aromatic nitrogens is 4. The lowest BCUT2D eigenvalue weighted by atomic mass is 10.0. The molecule has 1 N–H and O–H groups in total. The van der Waals surface area contributed by atoms with Crippen LogP contribution in [0.2, 0.25) is 0 Å². The highest BCUT2D eigenvalue weighted by Gasteiger charge is 2.38. The number of phenolic OH excluding ortho intramolecular Hbond substituents is 1. The van der Waals surface area contributed by atoms with Crippen molar-refractivity contribution in [1.82, 2.24) is 24.6 Å². The number of nitrogens with zero attached hydrogens (tertiary/aromatic N) is 6. The molecule has 1 fully saturated rings. The Morgan fingerprint density at radius 2 is 1.82 bits per heavy atom. The molecule has 12 heteroatoms. The summed E-state index contributed by atoms with van der Waals surface area (Å²) in [6.45, 7) is 5.27. The summed E-state index contributed by atoms with van der Waals surface area (Å²) in [5.74, 6) is -4.92. The predicted molar refractivity (Wildman–Crippen MR) is 132 cm³/mol. The second-order valence-electron chi connectivity index (χ2n) is 9.26. The number of alkyl halides is 3. The number of likely N-dealkylation sites (N-methyl/N-ethyl adjacent to an activating group) is 1. The number of fused-ring (bicyclic) bond motifs is 1. The maximum Gasteiger partial charge on any atom is 0.419 e. The molecule has 1 atom stereocenters. The molecule has 7 nitrogen and oxygen atoms in total. The monoisotopic (exact) mass is 532 g/mol. The Labute approximate surface area is 215 Å². The molecule has 0 bridgehead atoms. The number of anilines is 1. The molecule has 4 aromatic rings. The average Bonchev–Trinajstić information content (AvgIpc) is 3.22. The van der Waals surface area contributed by atoms with Gasteiger partial charge in [-0.25, -0.2) is 18.4 Å². The van der Waals surface area contributed by atoms with E-state index < -0.39 is 34.7 Å². The highest BCUT2D eigenvalue weighted by molar-refractivity contribution is 5.91.